The monoisotopic (exact) mass is 444 g/mol. The van der Waals surface area contributed by atoms with Gasteiger partial charge in [-0.3, -0.25) is 9.59 Å². The minimum absolute atomic E-state index is 0.0687. The van der Waals surface area contributed by atoms with Crippen molar-refractivity contribution in [3.63, 3.8) is 0 Å². The molecule has 0 saturated carbocycles. The van der Waals surface area contributed by atoms with Crippen molar-refractivity contribution in [2.75, 3.05) is 25.9 Å². The third-order valence-corrected chi connectivity index (χ3v) is 6.74. The van der Waals surface area contributed by atoms with Crippen LogP contribution in [-0.2, 0) is 0 Å². The summed E-state index contributed by atoms with van der Waals surface area (Å²) in [4.78, 5) is 28.7. The van der Waals surface area contributed by atoms with Gasteiger partial charge < -0.3 is 10.2 Å². The highest BCUT2D eigenvalue weighted by atomic mass is 32.2. The largest absolute Gasteiger partial charge is 0.352 e. The van der Waals surface area contributed by atoms with E-state index in [4.69, 9.17) is 0 Å². The lowest BCUT2D eigenvalue weighted by Gasteiger charge is -2.33. The maximum Gasteiger partial charge on any atom is 0.254 e. The third-order valence-electron chi connectivity index (χ3n) is 5.95. The number of likely N-dealkylation sites (tertiary alicyclic amines) is 1. The summed E-state index contributed by atoms with van der Waals surface area (Å²) in [5, 5.41) is 3.07. The number of nitrogens with zero attached hydrogens (tertiary/aromatic N) is 1. The van der Waals surface area contributed by atoms with E-state index in [9.17, 15) is 9.59 Å². The maximum atomic E-state index is 13.1. The van der Waals surface area contributed by atoms with Crippen LogP contribution in [0.2, 0.25) is 0 Å². The highest BCUT2D eigenvalue weighted by molar-refractivity contribution is 7.98. The van der Waals surface area contributed by atoms with Crippen LogP contribution in [0.5, 0.6) is 0 Å². The van der Waals surface area contributed by atoms with E-state index in [1.807, 2.05) is 77.9 Å². The van der Waals surface area contributed by atoms with Crippen LogP contribution in [0.25, 0.3) is 11.1 Å². The van der Waals surface area contributed by atoms with E-state index in [2.05, 4.69) is 17.4 Å². The molecular formula is C27H28N2O2S. The molecule has 1 heterocycles. The number of benzene rings is 3. The average molecular weight is 445 g/mol. The molecule has 0 bridgehead atoms. The summed E-state index contributed by atoms with van der Waals surface area (Å²) < 4.78 is 0. The van der Waals surface area contributed by atoms with Crippen molar-refractivity contribution in [3.8, 4) is 11.1 Å². The van der Waals surface area contributed by atoms with E-state index < -0.39 is 0 Å². The molecule has 1 atom stereocenters. The van der Waals surface area contributed by atoms with Crippen molar-refractivity contribution >= 4 is 23.6 Å². The van der Waals surface area contributed by atoms with Gasteiger partial charge in [-0.05, 0) is 60.4 Å². The molecule has 0 unspecified atom stereocenters. The fourth-order valence-corrected chi connectivity index (χ4v) is 4.78. The molecule has 1 aliphatic heterocycles. The number of thioether (sulfide) groups is 1. The van der Waals surface area contributed by atoms with Crippen LogP contribution in [0.1, 0.15) is 33.6 Å². The Morgan fingerprint density at radius 1 is 0.938 bits per heavy atom. The zero-order valence-corrected chi connectivity index (χ0v) is 19.1. The lowest BCUT2D eigenvalue weighted by atomic mass is 9.97. The fraction of sp³-hybridized carbons (Fsp3) is 0.259. The van der Waals surface area contributed by atoms with Gasteiger partial charge >= 0.3 is 0 Å². The number of carbonyl (C=O) groups is 2. The van der Waals surface area contributed by atoms with Crippen LogP contribution in [0.15, 0.2) is 83.8 Å². The zero-order chi connectivity index (χ0) is 22.3. The van der Waals surface area contributed by atoms with Crippen LogP contribution in [0.3, 0.4) is 0 Å². The molecule has 0 spiro atoms. The molecule has 3 aromatic carbocycles. The first kappa shape index (κ1) is 22.2. The third kappa shape index (κ3) is 5.22. The van der Waals surface area contributed by atoms with Gasteiger partial charge in [0, 0.05) is 30.1 Å². The van der Waals surface area contributed by atoms with Crippen LogP contribution >= 0.6 is 11.8 Å². The topological polar surface area (TPSA) is 49.4 Å². The predicted molar refractivity (Wildman–Crippen MR) is 131 cm³/mol. The van der Waals surface area contributed by atoms with Gasteiger partial charge in [0.2, 0.25) is 0 Å². The van der Waals surface area contributed by atoms with Gasteiger partial charge in [-0.2, -0.15) is 0 Å². The lowest BCUT2D eigenvalue weighted by molar-refractivity contribution is 0.0667. The van der Waals surface area contributed by atoms with Gasteiger partial charge in [-0.1, -0.05) is 54.6 Å². The van der Waals surface area contributed by atoms with Gasteiger partial charge in [0.15, 0.2) is 0 Å². The second kappa shape index (κ2) is 10.5. The Morgan fingerprint density at radius 2 is 1.62 bits per heavy atom. The second-order valence-electron chi connectivity index (χ2n) is 8.11. The van der Waals surface area contributed by atoms with Crippen LogP contribution in [0, 0.1) is 5.92 Å². The molecule has 0 radical (unpaired) electrons. The minimum atomic E-state index is -0.0687. The first-order valence-electron chi connectivity index (χ1n) is 11.0. The molecule has 32 heavy (non-hydrogen) atoms. The molecule has 164 valence electrons. The molecule has 2 amide bonds. The Hall–Kier alpha value is -3.05. The quantitative estimate of drug-likeness (QED) is 0.521. The lowest BCUT2D eigenvalue weighted by Crippen LogP contribution is -2.43. The Bertz CT molecular complexity index is 1070. The molecular weight excluding hydrogens is 416 g/mol. The zero-order valence-electron chi connectivity index (χ0n) is 18.3. The van der Waals surface area contributed by atoms with Gasteiger partial charge in [0.05, 0.1) is 5.56 Å². The van der Waals surface area contributed by atoms with Crippen molar-refractivity contribution in [1.82, 2.24) is 10.2 Å². The van der Waals surface area contributed by atoms with Gasteiger partial charge in [0.1, 0.15) is 0 Å². The number of piperidine rings is 1. The predicted octanol–water partition coefficient (Wildman–Crippen LogP) is 5.36. The van der Waals surface area contributed by atoms with Crippen molar-refractivity contribution in [2.24, 2.45) is 5.92 Å². The van der Waals surface area contributed by atoms with Crippen LogP contribution in [-0.4, -0.2) is 42.6 Å². The fourth-order valence-electron chi connectivity index (χ4n) is 4.19. The average Bonchev–Trinajstić information content (AvgIpc) is 2.87. The number of carbonyl (C=O) groups excluding carboxylic acids is 2. The Balaban J connectivity index is 1.33. The first-order valence-corrected chi connectivity index (χ1v) is 12.2. The summed E-state index contributed by atoms with van der Waals surface area (Å²) in [6.45, 7) is 2.02. The molecule has 3 aromatic rings. The smallest absolute Gasteiger partial charge is 0.254 e. The molecule has 0 aliphatic carbocycles. The van der Waals surface area contributed by atoms with E-state index in [0.29, 0.717) is 18.7 Å². The Kier molecular flexibility index (Phi) is 7.28. The number of hydrogen-bond donors (Lipinski definition) is 1. The molecule has 1 fully saturated rings. The summed E-state index contributed by atoms with van der Waals surface area (Å²) in [6.07, 6.45) is 3.97. The van der Waals surface area contributed by atoms with E-state index in [0.717, 1.165) is 41.0 Å². The van der Waals surface area contributed by atoms with Gasteiger partial charge in [-0.25, -0.2) is 0 Å². The van der Waals surface area contributed by atoms with E-state index >= 15 is 0 Å². The van der Waals surface area contributed by atoms with Crippen molar-refractivity contribution in [2.45, 2.75) is 17.7 Å². The van der Waals surface area contributed by atoms with E-state index in [-0.39, 0.29) is 17.7 Å². The summed E-state index contributed by atoms with van der Waals surface area (Å²) in [7, 11) is 0. The summed E-state index contributed by atoms with van der Waals surface area (Å²) in [5.74, 6) is 0.282. The summed E-state index contributed by atoms with van der Waals surface area (Å²) in [6, 6.07) is 25.6. The molecule has 4 nitrogen and oxygen atoms in total. The highest BCUT2D eigenvalue weighted by Gasteiger charge is 2.26. The second-order valence-corrected chi connectivity index (χ2v) is 8.96. The number of rotatable bonds is 6. The van der Waals surface area contributed by atoms with Crippen molar-refractivity contribution in [1.29, 1.82) is 0 Å². The van der Waals surface area contributed by atoms with Crippen LogP contribution < -0.4 is 5.32 Å². The standard InChI is InChI=1S/C27H28N2O2S/c1-32-25-12-6-5-11-24(25)27(31)29-17-7-8-20(19-29)18-28-26(30)23-15-13-22(14-16-23)21-9-3-2-4-10-21/h2-6,9-16,20H,7-8,17-19H2,1H3,(H,28,30)/t20-/m0/s1. The van der Waals surface area contributed by atoms with Gasteiger partial charge in [0.25, 0.3) is 11.8 Å². The number of hydrogen-bond acceptors (Lipinski definition) is 3. The van der Waals surface area contributed by atoms with Gasteiger partial charge in [-0.15, -0.1) is 11.8 Å². The molecule has 4 rings (SSSR count). The molecule has 1 N–H and O–H groups in total. The van der Waals surface area contributed by atoms with E-state index in [1.165, 1.54) is 0 Å². The number of nitrogens with one attached hydrogen (secondary N) is 1. The SMILES string of the molecule is CSc1ccccc1C(=O)N1CCC[C@@H](CNC(=O)c2ccc(-c3ccccc3)cc2)C1. The maximum absolute atomic E-state index is 13.1. The highest BCUT2D eigenvalue weighted by Crippen LogP contribution is 2.24. The summed E-state index contributed by atoms with van der Waals surface area (Å²) in [5.41, 5.74) is 3.65. The first-order chi connectivity index (χ1) is 15.7. The molecule has 5 heteroatoms. The number of amides is 2. The van der Waals surface area contributed by atoms with Crippen molar-refractivity contribution in [3.05, 3.63) is 90.0 Å². The minimum Gasteiger partial charge on any atom is -0.352 e. The van der Waals surface area contributed by atoms with E-state index in [1.54, 1.807) is 11.8 Å². The van der Waals surface area contributed by atoms with Crippen molar-refractivity contribution < 1.29 is 9.59 Å². The Labute approximate surface area is 194 Å². The summed E-state index contributed by atoms with van der Waals surface area (Å²) >= 11 is 1.60. The normalized spacial score (nSPS) is 15.9. The Morgan fingerprint density at radius 3 is 2.38 bits per heavy atom. The molecule has 1 saturated heterocycles. The molecule has 1 aliphatic rings. The molecule has 0 aromatic heterocycles. The van der Waals surface area contributed by atoms with Crippen LogP contribution in [0.4, 0.5) is 0 Å².